The van der Waals surface area contributed by atoms with E-state index in [0.29, 0.717) is 12.1 Å². The number of nitrogens with zero attached hydrogens (tertiary/aromatic N) is 4. The smallest absolute Gasteiger partial charge is 0.251 e. The zero-order valence-electron chi connectivity index (χ0n) is 10.9. The van der Waals surface area contributed by atoms with E-state index in [-0.39, 0.29) is 5.91 Å². The minimum absolute atomic E-state index is 0.0858. The molecule has 100 valence electrons. The molecular weight excluding hydrogens is 254 g/mol. The Balaban J connectivity index is 1.86. The van der Waals surface area contributed by atoms with Gasteiger partial charge >= 0.3 is 0 Å². The molecule has 0 bridgehead atoms. The Bertz CT molecular complexity index is 748. The topological polar surface area (TPSA) is 72.7 Å². The molecular formula is C14H13N5O. The molecule has 2 heterocycles. The quantitative estimate of drug-likeness (QED) is 0.774. The highest BCUT2D eigenvalue weighted by molar-refractivity contribution is 5.93. The Labute approximate surface area is 115 Å². The minimum atomic E-state index is -0.0858. The summed E-state index contributed by atoms with van der Waals surface area (Å²) in [5.41, 5.74) is 3.30. The van der Waals surface area contributed by atoms with E-state index < -0.39 is 0 Å². The molecule has 3 aromatic rings. The lowest BCUT2D eigenvalue weighted by atomic mass is 10.1. The summed E-state index contributed by atoms with van der Waals surface area (Å²) in [4.78, 5) is 23.9. The predicted octanol–water partition coefficient (Wildman–Crippen LogP) is 1.23. The van der Waals surface area contributed by atoms with Gasteiger partial charge in [0.25, 0.3) is 5.91 Å². The molecule has 0 fully saturated rings. The fraction of sp³-hybridized carbons (Fsp3) is 0.143. The third kappa shape index (κ3) is 2.23. The fourth-order valence-corrected chi connectivity index (χ4v) is 2.03. The maximum atomic E-state index is 11.5. The van der Waals surface area contributed by atoms with Crippen molar-refractivity contribution in [3.63, 3.8) is 0 Å². The van der Waals surface area contributed by atoms with E-state index in [9.17, 15) is 4.79 Å². The van der Waals surface area contributed by atoms with Gasteiger partial charge in [0.05, 0.1) is 19.1 Å². The summed E-state index contributed by atoms with van der Waals surface area (Å²) in [7, 11) is 1.62. The van der Waals surface area contributed by atoms with Crippen LogP contribution >= 0.6 is 0 Å². The van der Waals surface area contributed by atoms with E-state index in [0.717, 1.165) is 16.7 Å². The van der Waals surface area contributed by atoms with Crippen LogP contribution in [0.3, 0.4) is 0 Å². The molecule has 0 aliphatic rings. The van der Waals surface area contributed by atoms with Crippen molar-refractivity contribution >= 4 is 17.1 Å². The average Bonchev–Trinajstić information content (AvgIpc) is 2.91. The van der Waals surface area contributed by atoms with Crippen LogP contribution in [0.4, 0.5) is 0 Å². The van der Waals surface area contributed by atoms with Crippen LogP contribution in [-0.2, 0) is 6.54 Å². The first-order valence-corrected chi connectivity index (χ1v) is 6.20. The fourth-order valence-electron chi connectivity index (χ4n) is 2.03. The summed E-state index contributed by atoms with van der Waals surface area (Å²) in [6.45, 7) is 0.654. The van der Waals surface area contributed by atoms with E-state index in [1.165, 1.54) is 6.33 Å². The van der Waals surface area contributed by atoms with E-state index in [1.807, 2.05) is 28.8 Å². The van der Waals surface area contributed by atoms with Crippen LogP contribution in [0.25, 0.3) is 11.2 Å². The Morgan fingerprint density at radius 2 is 2.05 bits per heavy atom. The molecule has 0 aliphatic carbocycles. The normalized spacial score (nSPS) is 10.7. The summed E-state index contributed by atoms with van der Waals surface area (Å²) in [6.07, 6.45) is 4.94. The Morgan fingerprint density at radius 1 is 1.25 bits per heavy atom. The second-order valence-electron chi connectivity index (χ2n) is 4.38. The number of carbonyl (C=O) groups is 1. The van der Waals surface area contributed by atoms with Gasteiger partial charge in [-0.15, -0.1) is 0 Å². The highest BCUT2D eigenvalue weighted by atomic mass is 16.1. The average molecular weight is 267 g/mol. The van der Waals surface area contributed by atoms with Crippen molar-refractivity contribution in [2.45, 2.75) is 6.54 Å². The zero-order valence-corrected chi connectivity index (χ0v) is 10.9. The van der Waals surface area contributed by atoms with Gasteiger partial charge in [0.15, 0.2) is 5.65 Å². The van der Waals surface area contributed by atoms with Crippen molar-refractivity contribution in [3.05, 3.63) is 54.2 Å². The van der Waals surface area contributed by atoms with Gasteiger partial charge in [0, 0.05) is 12.6 Å². The third-order valence-electron chi connectivity index (χ3n) is 3.08. The summed E-state index contributed by atoms with van der Waals surface area (Å²) < 4.78 is 1.95. The van der Waals surface area contributed by atoms with Gasteiger partial charge < -0.3 is 9.88 Å². The van der Waals surface area contributed by atoms with E-state index in [2.05, 4.69) is 20.3 Å². The highest BCUT2D eigenvalue weighted by Crippen LogP contribution is 2.11. The molecule has 6 heteroatoms. The molecule has 0 unspecified atom stereocenters. The molecule has 1 N–H and O–H groups in total. The third-order valence-corrected chi connectivity index (χ3v) is 3.08. The molecule has 0 spiro atoms. The van der Waals surface area contributed by atoms with Crippen molar-refractivity contribution in [1.82, 2.24) is 24.8 Å². The summed E-state index contributed by atoms with van der Waals surface area (Å²) >= 11 is 0. The van der Waals surface area contributed by atoms with Crippen LogP contribution in [0.2, 0.25) is 0 Å². The Hall–Kier alpha value is -2.76. The first-order valence-electron chi connectivity index (χ1n) is 6.20. The molecule has 0 saturated carbocycles. The second-order valence-corrected chi connectivity index (χ2v) is 4.38. The van der Waals surface area contributed by atoms with Crippen molar-refractivity contribution in [3.8, 4) is 0 Å². The number of hydrogen-bond donors (Lipinski definition) is 1. The molecule has 0 radical (unpaired) electrons. The van der Waals surface area contributed by atoms with Crippen molar-refractivity contribution in [2.75, 3.05) is 7.05 Å². The molecule has 0 atom stereocenters. The van der Waals surface area contributed by atoms with Gasteiger partial charge in [-0.2, -0.15) is 0 Å². The number of nitrogens with one attached hydrogen (secondary N) is 1. The largest absolute Gasteiger partial charge is 0.355 e. The van der Waals surface area contributed by atoms with Crippen molar-refractivity contribution < 1.29 is 4.79 Å². The van der Waals surface area contributed by atoms with E-state index in [4.69, 9.17) is 0 Å². The lowest BCUT2D eigenvalue weighted by Gasteiger charge is -2.05. The van der Waals surface area contributed by atoms with Crippen molar-refractivity contribution in [2.24, 2.45) is 0 Å². The molecule has 3 rings (SSSR count). The highest BCUT2D eigenvalue weighted by Gasteiger charge is 2.06. The van der Waals surface area contributed by atoms with E-state index in [1.54, 1.807) is 19.6 Å². The van der Waals surface area contributed by atoms with Gasteiger partial charge in [-0.1, -0.05) is 12.1 Å². The number of imidazole rings is 1. The van der Waals surface area contributed by atoms with Crippen molar-refractivity contribution in [1.29, 1.82) is 0 Å². The second kappa shape index (κ2) is 5.08. The van der Waals surface area contributed by atoms with Gasteiger partial charge in [-0.25, -0.2) is 15.0 Å². The monoisotopic (exact) mass is 267 g/mol. The van der Waals surface area contributed by atoms with Crippen LogP contribution in [0.15, 0.2) is 43.1 Å². The standard InChI is InChI=1S/C14H13N5O/c1-15-14(20)11-4-2-10(3-5-11)7-19-9-18-12-6-16-8-17-13(12)19/h2-6,8-9H,7H2,1H3,(H,15,20). The number of hydrogen-bond acceptors (Lipinski definition) is 4. The minimum Gasteiger partial charge on any atom is -0.355 e. The van der Waals surface area contributed by atoms with Gasteiger partial charge in [-0.05, 0) is 17.7 Å². The maximum Gasteiger partial charge on any atom is 0.251 e. The molecule has 20 heavy (non-hydrogen) atoms. The van der Waals surface area contributed by atoms with Crippen LogP contribution in [0.5, 0.6) is 0 Å². The number of carbonyl (C=O) groups excluding carboxylic acids is 1. The molecule has 0 saturated heterocycles. The zero-order chi connectivity index (χ0) is 13.9. The first kappa shape index (κ1) is 12.3. The van der Waals surface area contributed by atoms with E-state index >= 15 is 0 Å². The summed E-state index contributed by atoms with van der Waals surface area (Å²) in [5, 5.41) is 2.60. The molecule has 0 aliphatic heterocycles. The molecule has 1 aromatic carbocycles. The summed E-state index contributed by atoms with van der Waals surface area (Å²) in [6, 6.07) is 7.47. The number of amides is 1. The van der Waals surface area contributed by atoms with Gasteiger partial charge in [0.1, 0.15) is 11.8 Å². The Kier molecular flexibility index (Phi) is 3.12. The van der Waals surface area contributed by atoms with Crippen LogP contribution in [-0.4, -0.2) is 32.5 Å². The van der Waals surface area contributed by atoms with Gasteiger partial charge in [0.2, 0.25) is 0 Å². The van der Waals surface area contributed by atoms with Crippen LogP contribution in [0.1, 0.15) is 15.9 Å². The lowest BCUT2D eigenvalue weighted by molar-refractivity contribution is 0.0963. The molecule has 2 aromatic heterocycles. The first-order chi connectivity index (χ1) is 9.78. The lowest BCUT2D eigenvalue weighted by Crippen LogP contribution is -2.17. The van der Waals surface area contributed by atoms with Crippen LogP contribution < -0.4 is 5.32 Å². The van der Waals surface area contributed by atoms with Gasteiger partial charge in [-0.3, -0.25) is 4.79 Å². The molecule has 6 nitrogen and oxygen atoms in total. The SMILES string of the molecule is CNC(=O)c1ccc(Cn2cnc3cncnc32)cc1. The summed E-state index contributed by atoms with van der Waals surface area (Å²) in [5.74, 6) is -0.0858. The number of aromatic nitrogens is 4. The molecule has 1 amide bonds. The number of benzene rings is 1. The Morgan fingerprint density at radius 3 is 2.80 bits per heavy atom. The predicted molar refractivity (Wildman–Crippen MR) is 74.3 cm³/mol. The maximum absolute atomic E-state index is 11.5. The number of fused-ring (bicyclic) bond motifs is 1. The number of rotatable bonds is 3. The van der Waals surface area contributed by atoms with Crippen LogP contribution in [0, 0.1) is 0 Å².